The van der Waals surface area contributed by atoms with Crippen molar-refractivity contribution in [2.24, 2.45) is 5.92 Å². The molecule has 3 atom stereocenters. The zero-order valence-electron chi connectivity index (χ0n) is 7.24. The van der Waals surface area contributed by atoms with Gasteiger partial charge in [0.05, 0.1) is 0 Å². The molecule has 1 heterocycles. The summed E-state index contributed by atoms with van der Waals surface area (Å²) in [5, 5.41) is 8.78. The molecule has 1 rings (SSSR count). The maximum atomic E-state index is 10.7. The second-order valence-electron chi connectivity index (χ2n) is 3.47. The van der Waals surface area contributed by atoms with E-state index in [-0.39, 0.29) is 6.04 Å². The van der Waals surface area contributed by atoms with Crippen LogP contribution < -0.4 is 0 Å². The van der Waals surface area contributed by atoms with Crippen LogP contribution in [0.2, 0.25) is 0 Å². The van der Waals surface area contributed by atoms with Crippen molar-refractivity contribution < 1.29 is 9.90 Å². The molecule has 11 heavy (non-hydrogen) atoms. The van der Waals surface area contributed by atoms with Crippen LogP contribution in [-0.2, 0) is 4.79 Å². The number of rotatable bonds is 1. The van der Waals surface area contributed by atoms with Gasteiger partial charge in [-0.25, -0.2) is 0 Å². The summed E-state index contributed by atoms with van der Waals surface area (Å²) in [6.45, 7) is 4.18. The van der Waals surface area contributed by atoms with E-state index in [1.165, 1.54) is 0 Å². The normalized spacial score (nSPS) is 39.4. The van der Waals surface area contributed by atoms with Crippen molar-refractivity contribution >= 4 is 5.97 Å². The molecule has 0 saturated carbocycles. The number of nitrogens with zero attached hydrogens (tertiary/aromatic N) is 1. The Morgan fingerprint density at radius 3 is 2.27 bits per heavy atom. The molecule has 0 bridgehead atoms. The molecule has 0 spiro atoms. The number of hydrogen-bond donors (Lipinski definition) is 1. The number of carbonyl (C=O) groups is 1. The standard InChI is InChI=1S/C8H15NO2/c1-5-4-7(8(10)11)9(3)6(5)2/h5-7H,4H2,1-3H3,(H,10,11)/t5-,6-,7+/m1/s1. The molecule has 64 valence electrons. The Kier molecular flexibility index (Phi) is 2.18. The molecular weight excluding hydrogens is 142 g/mol. The molecule has 1 aliphatic heterocycles. The van der Waals surface area contributed by atoms with Crippen LogP contribution in [0.25, 0.3) is 0 Å². The Bertz CT molecular complexity index is 169. The monoisotopic (exact) mass is 157 g/mol. The van der Waals surface area contributed by atoms with Gasteiger partial charge < -0.3 is 5.11 Å². The first kappa shape index (κ1) is 8.53. The average Bonchev–Trinajstić information content (AvgIpc) is 2.17. The van der Waals surface area contributed by atoms with Crippen molar-refractivity contribution in [1.29, 1.82) is 0 Å². The van der Waals surface area contributed by atoms with Gasteiger partial charge in [-0.2, -0.15) is 0 Å². The van der Waals surface area contributed by atoms with Crippen molar-refractivity contribution in [2.45, 2.75) is 32.4 Å². The SMILES string of the molecule is C[C@@H]1C[C@@H](C(=O)O)N(C)[C@@H]1C. The molecule has 0 aliphatic carbocycles. The first-order chi connectivity index (χ1) is 5.04. The van der Waals surface area contributed by atoms with E-state index in [0.717, 1.165) is 6.42 Å². The van der Waals surface area contributed by atoms with Gasteiger partial charge in [0, 0.05) is 6.04 Å². The maximum Gasteiger partial charge on any atom is 0.320 e. The highest BCUT2D eigenvalue weighted by Crippen LogP contribution is 2.27. The Balaban J connectivity index is 2.67. The van der Waals surface area contributed by atoms with Crippen molar-refractivity contribution in [1.82, 2.24) is 4.90 Å². The van der Waals surface area contributed by atoms with E-state index in [1.807, 2.05) is 11.9 Å². The van der Waals surface area contributed by atoms with Crippen LogP contribution in [0.5, 0.6) is 0 Å². The number of likely N-dealkylation sites (N-methyl/N-ethyl adjacent to an activating group) is 1. The molecule has 0 aromatic heterocycles. The van der Waals surface area contributed by atoms with Crippen LogP contribution in [0.3, 0.4) is 0 Å². The quantitative estimate of drug-likeness (QED) is 0.612. The Morgan fingerprint density at radius 2 is 2.09 bits per heavy atom. The summed E-state index contributed by atoms with van der Waals surface area (Å²) in [7, 11) is 1.88. The van der Waals surface area contributed by atoms with E-state index in [9.17, 15) is 4.79 Å². The summed E-state index contributed by atoms with van der Waals surface area (Å²) >= 11 is 0. The molecule has 0 radical (unpaired) electrons. The van der Waals surface area contributed by atoms with Gasteiger partial charge in [0.15, 0.2) is 0 Å². The topological polar surface area (TPSA) is 40.5 Å². The minimum Gasteiger partial charge on any atom is -0.480 e. The second-order valence-corrected chi connectivity index (χ2v) is 3.47. The van der Waals surface area contributed by atoms with E-state index in [1.54, 1.807) is 0 Å². The van der Waals surface area contributed by atoms with Crippen LogP contribution in [-0.4, -0.2) is 35.1 Å². The summed E-state index contributed by atoms with van der Waals surface area (Å²) in [4.78, 5) is 12.6. The van der Waals surface area contributed by atoms with E-state index < -0.39 is 5.97 Å². The first-order valence-corrected chi connectivity index (χ1v) is 3.98. The third-order valence-electron chi connectivity index (χ3n) is 2.84. The smallest absolute Gasteiger partial charge is 0.320 e. The van der Waals surface area contributed by atoms with Gasteiger partial charge in [0.2, 0.25) is 0 Å². The Morgan fingerprint density at radius 1 is 1.55 bits per heavy atom. The van der Waals surface area contributed by atoms with Crippen molar-refractivity contribution in [3.8, 4) is 0 Å². The second kappa shape index (κ2) is 2.81. The fraction of sp³-hybridized carbons (Fsp3) is 0.875. The summed E-state index contributed by atoms with van der Waals surface area (Å²) in [6, 6.07) is 0.135. The molecule has 0 unspecified atom stereocenters. The summed E-state index contributed by atoms with van der Waals surface area (Å²) in [6.07, 6.45) is 0.785. The summed E-state index contributed by atoms with van der Waals surface area (Å²) in [5.74, 6) is -0.190. The third-order valence-corrected chi connectivity index (χ3v) is 2.84. The highest BCUT2D eigenvalue weighted by atomic mass is 16.4. The minimum atomic E-state index is -0.691. The van der Waals surface area contributed by atoms with Gasteiger partial charge in [-0.05, 0) is 26.3 Å². The molecule has 3 nitrogen and oxygen atoms in total. The number of aliphatic carboxylic acids is 1. The van der Waals surface area contributed by atoms with Crippen LogP contribution >= 0.6 is 0 Å². The molecule has 0 amide bonds. The summed E-state index contributed by atoms with van der Waals surface area (Å²) in [5.41, 5.74) is 0. The van der Waals surface area contributed by atoms with E-state index in [2.05, 4.69) is 13.8 Å². The van der Waals surface area contributed by atoms with Gasteiger partial charge in [-0.3, -0.25) is 9.69 Å². The van der Waals surface area contributed by atoms with E-state index in [4.69, 9.17) is 5.11 Å². The van der Waals surface area contributed by atoms with Crippen molar-refractivity contribution in [2.75, 3.05) is 7.05 Å². The van der Waals surface area contributed by atoms with Crippen LogP contribution in [0.15, 0.2) is 0 Å². The highest BCUT2D eigenvalue weighted by molar-refractivity contribution is 5.73. The lowest BCUT2D eigenvalue weighted by molar-refractivity contribution is -0.142. The van der Waals surface area contributed by atoms with Gasteiger partial charge in [0.1, 0.15) is 6.04 Å². The van der Waals surface area contributed by atoms with Gasteiger partial charge in [-0.15, -0.1) is 0 Å². The van der Waals surface area contributed by atoms with E-state index in [0.29, 0.717) is 12.0 Å². The first-order valence-electron chi connectivity index (χ1n) is 3.98. The molecule has 0 aromatic carbocycles. The molecule has 1 N–H and O–H groups in total. The molecule has 3 heteroatoms. The third kappa shape index (κ3) is 1.38. The lowest BCUT2D eigenvalue weighted by Gasteiger charge is -2.20. The van der Waals surface area contributed by atoms with Crippen LogP contribution in [0, 0.1) is 5.92 Å². The van der Waals surface area contributed by atoms with Crippen LogP contribution in [0.1, 0.15) is 20.3 Å². The Labute approximate surface area is 67.0 Å². The number of likely N-dealkylation sites (tertiary alicyclic amines) is 1. The summed E-state index contributed by atoms with van der Waals surface area (Å²) < 4.78 is 0. The predicted molar refractivity (Wildman–Crippen MR) is 42.4 cm³/mol. The fourth-order valence-corrected chi connectivity index (χ4v) is 1.68. The molecule has 1 aliphatic rings. The minimum absolute atomic E-state index is 0.264. The number of carboxylic acids is 1. The molecular formula is C8H15NO2. The number of carboxylic acid groups (broad SMARTS) is 1. The fourth-order valence-electron chi connectivity index (χ4n) is 1.68. The number of hydrogen-bond acceptors (Lipinski definition) is 2. The largest absolute Gasteiger partial charge is 0.480 e. The zero-order valence-corrected chi connectivity index (χ0v) is 7.24. The lowest BCUT2D eigenvalue weighted by atomic mass is 10.0. The molecule has 1 saturated heterocycles. The maximum absolute atomic E-state index is 10.7. The average molecular weight is 157 g/mol. The van der Waals surface area contributed by atoms with Crippen molar-refractivity contribution in [3.63, 3.8) is 0 Å². The zero-order chi connectivity index (χ0) is 8.59. The molecule has 0 aromatic rings. The predicted octanol–water partition coefficient (Wildman–Crippen LogP) is 0.800. The van der Waals surface area contributed by atoms with Gasteiger partial charge in [0.25, 0.3) is 0 Å². The molecule has 1 fully saturated rings. The lowest BCUT2D eigenvalue weighted by Crippen LogP contribution is -2.36. The van der Waals surface area contributed by atoms with Crippen molar-refractivity contribution in [3.05, 3.63) is 0 Å². The highest BCUT2D eigenvalue weighted by Gasteiger charge is 2.37. The van der Waals surface area contributed by atoms with Crippen LogP contribution in [0.4, 0.5) is 0 Å². The Hall–Kier alpha value is -0.570. The van der Waals surface area contributed by atoms with E-state index >= 15 is 0 Å². The van der Waals surface area contributed by atoms with Gasteiger partial charge >= 0.3 is 5.97 Å². The van der Waals surface area contributed by atoms with Gasteiger partial charge in [-0.1, -0.05) is 6.92 Å².